The van der Waals surface area contributed by atoms with Crippen molar-refractivity contribution in [3.63, 3.8) is 0 Å². The lowest BCUT2D eigenvalue weighted by molar-refractivity contribution is 0.342. The van der Waals surface area contributed by atoms with Crippen molar-refractivity contribution in [3.05, 3.63) is 29.8 Å². The van der Waals surface area contributed by atoms with Crippen molar-refractivity contribution in [2.75, 3.05) is 6.54 Å². The van der Waals surface area contributed by atoms with Crippen molar-refractivity contribution in [3.8, 4) is 5.75 Å². The van der Waals surface area contributed by atoms with Crippen LogP contribution in [0.15, 0.2) is 24.3 Å². The first kappa shape index (κ1) is 12.6. The molecule has 0 radical (unpaired) electrons. The molecule has 2 N–H and O–H groups in total. The molecule has 0 bridgehead atoms. The summed E-state index contributed by atoms with van der Waals surface area (Å²) in [4.78, 5) is 10.0. The van der Waals surface area contributed by atoms with Gasteiger partial charge in [-0.3, -0.25) is 5.32 Å². The first-order valence-corrected chi connectivity index (χ1v) is 7.46. The Morgan fingerprint density at radius 3 is 2.88 bits per heavy atom. The Bertz CT molecular complexity index is 463. The number of rotatable bonds is 4. The Morgan fingerprint density at radius 2 is 2.18 bits per heavy atom. The monoisotopic (exact) mass is 255 g/mol. The molecular formula is C12H18NO3P. The third kappa shape index (κ3) is 2.01. The summed E-state index contributed by atoms with van der Waals surface area (Å²) >= 11 is 0. The lowest BCUT2D eigenvalue weighted by Gasteiger charge is -2.27. The van der Waals surface area contributed by atoms with Gasteiger partial charge >= 0.3 is 7.60 Å². The Balaban J connectivity index is 2.33. The third-order valence-corrected chi connectivity index (χ3v) is 5.17. The molecule has 0 aromatic heterocycles. The molecule has 4 nitrogen and oxygen atoms in total. The summed E-state index contributed by atoms with van der Waals surface area (Å²) in [5.41, 5.74) is 0.766. The van der Waals surface area contributed by atoms with Crippen LogP contribution in [0.25, 0.3) is 0 Å². The number of nitrogens with one attached hydrogen (secondary N) is 1. The number of hydrogen-bond donors (Lipinski definition) is 2. The molecule has 2 rings (SSSR count). The normalized spacial score (nSPS) is 31.0. The SMILES string of the molecule is CCCCNC1(C)c2ccccc2OP1(=O)O. The number of para-hydroxylation sites is 1. The molecule has 0 amide bonds. The predicted octanol–water partition coefficient (Wildman–Crippen LogP) is 2.83. The maximum absolute atomic E-state index is 12.2. The minimum absolute atomic E-state index is 0.504. The van der Waals surface area contributed by atoms with Gasteiger partial charge in [-0.05, 0) is 26.0 Å². The maximum atomic E-state index is 12.2. The van der Waals surface area contributed by atoms with Gasteiger partial charge in [-0.1, -0.05) is 31.5 Å². The van der Waals surface area contributed by atoms with E-state index in [1.54, 1.807) is 19.1 Å². The summed E-state index contributed by atoms with van der Waals surface area (Å²) in [5.74, 6) is 0.504. The Hall–Kier alpha value is -0.830. The largest absolute Gasteiger partial charge is 0.423 e. The van der Waals surface area contributed by atoms with Gasteiger partial charge in [-0.25, -0.2) is 4.57 Å². The van der Waals surface area contributed by atoms with Gasteiger partial charge in [0.1, 0.15) is 5.75 Å². The summed E-state index contributed by atoms with van der Waals surface area (Å²) in [5, 5.41) is 2.18. The number of hydrogen-bond acceptors (Lipinski definition) is 3. The quantitative estimate of drug-likeness (QED) is 0.641. The van der Waals surface area contributed by atoms with E-state index < -0.39 is 12.9 Å². The molecule has 0 spiro atoms. The fourth-order valence-corrected chi connectivity index (χ4v) is 3.44. The second kappa shape index (κ2) is 4.45. The van der Waals surface area contributed by atoms with Crippen molar-refractivity contribution >= 4 is 7.60 Å². The van der Waals surface area contributed by atoms with Crippen molar-refractivity contribution in [1.82, 2.24) is 5.32 Å². The fourth-order valence-electron chi connectivity index (χ4n) is 2.03. The van der Waals surface area contributed by atoms with Crippen LogP contribution in [-0.2, 0) is 9.85 Å². The molecule has 1 heterocycles. The molecule has 0 saturated heterocycles. The highest BCUT2D eigenvalue weighted by Crippen LogP contribution is 2.66. The smallest absolute Gasteiger partial charge is 0.400 e. The summed E-state index contributed by atoms with van der Waals surface area (Å²) in [6.45, 7) is 4.52. The molecular weight excluding hydrogens is 237 g/mol. The van der Waals surface area contributed by atoms with Crippen LogP contribution in [0.4, 0.5) is 0 Å². The van der Waals surface area contributed by atoms with E-state index in [2.05, 4.69) is 12.2 Å². The third-order valence-electron chi connectivity index (χ3n) is 3.20. The van der Waals surface area contributed by atoms with E-state index in [0.29, 0.717) is 12.3 Å². The van der Waals surface area contributed by atoms with Crippen LogP contribution in [-0.4, -0.2) is 11.4 Å². The van der Waals surface area contributed by atoms with Crippen LogP contribution < -0.4 is 9.84 Å². The van der Waals surface area contributed by atoms with E-state index in [9.17, 15) is 9.46 Å². The molecule has 2 atom stereocenters. The lowest BCUT2D eigenvalue weighted by Crippen LogP contribution is -2.38. The Labute approximate surface area is 102 Å². The molecule has 0 saturated carbocycles. The fraction of sp³-hybridized carbons (Fsp3) is 0.500. The molecule has 5 heteroatoms. The minimum atomic E-state index is -3.70. The number of fused-ring (bicyclic) bond motifs is 1. The summed E-state index contributed by atoms with van der Waals surface area (Å²) < 4.78 is 17.4. The second-order valence-corrected chi connectivity index (χ2v) is 6.58. The van der Waals surface area contributed by atoms with Crippen LogP contribution in [0.3, 0.4) is 0 Å². The summed E-state index contributed by atoms with van der Waals surface area (Å²) in [7, 11) is -3.70. The Morgan fingerprint density at radius 1 is 1.47 bits per heavy atom. The zero-order chi connectivity index (χ0) is 12.5. The van der Waals surface area contributed by atoms with Gasteiger partial charge in [0.2, 0.25) is 0 Å². The van der Waals surface area contributed by atoms with Crippen molar-refractivity contribution < 1.29 is 14.0 Å². The average Bonchev–Trinajstić information content (AvgIpc) is 2.48. The van der Waals surface area contributed by atoms with Gasteiger partial charge in [-0.15, -0.1) is 0 Å². The molecule has 17 heavy (non-hydrogen) atoms. The molecule has 94 valence electrons. The van der Waals surface area contributed by atoms with Gasteiger partial charge in [0.05, 0.1) is 0 Å². The van der Waals surface area contributed by atoms with E-state index >= 15 is 0 Å². The van der Waals surface area contributed by atoms with Gasteiger partial charge in [0, 0.05) is 5.56 Å². The topological polar surface area (TPSA) is 58.6 Å². The molecule has 1 aromatic rings. The van der Waals surface area contributed by atoms with Crippen LogP contribution in [0, 0.1) is 0 Å². The molecule has 1 aromatic carbocycles. The first-order valence-electron chi connectivity index (χ1n) is 5.88. The van der Waals surface area contributed by atoms with Crippen molar-refractivity contribution in [2.24, 2.45) is 0 Å². The highest BCUT2D eigenvalue weighted by molar-refractivity contribution is 7.54. The van der Waals surface area contributed by atoms with Crippen LogP contribution >= 0.6 is 7.60 Å². The molecule has 2 unspecified atom stereocenters. The minimum Gasteiger partial charge on any atom is -0.423 e. The molecule has 1 aliphatic rings. The molecule has 0 fully saturated rings. The van der Waals surface area contributed by atoms with E-state index in [4.69, 9.17) is 4.52 Å². The molecule has 1 aliphatic heterocycles. The predicted molar refractivity (Wildman–Crippen MR) is 67.2 cm³/mol. The standard InChI is InChI=1S/C12H18NO3P/c1-3-4-9-13-12(2)10-7-5-6-8-11(10)16-17(12,14)15/h5-8,13H,3-4,9H2,1-2H3,(H,14,15). The van der Waals surface area contributed by atoms with E-state index in [0.717, 1.165) is 18.4 Å². The highest BCUT2D eigenvalue weighted by atomic mass is 31.2. The van der Waals surface area contributed by atoms with Gasteiger partial charge in [-0.2, -0.15) is 0 Å². The first-order chi connectivity index (χ1) is 8.01. The van der Waals surface area contributed by atoms with E-state index in [1.807, 2.05) is 12.1 Å². The maximum Gasteiger partial charge on any atom is 0.400 e. The van der Waals surface area contributed by atoms with Crippen molar-refractivity contribution in [2.45, 2.75) is 32.0 Å². The zero-order valence-electron chi connectivity index (χ0n) is 10.1. The molecule has 0 aliphatic carbocycles. The Kier molecular flexibility index (Phi) is 3.30. The van der Waals surface area contributed by atoms with Crippen LogP contribution in [0.5, 0.6) is 5.75 Å². The van der Waals surface area contributed by atoms with Gasteiger partial charge in [0.15, 0.2) is 5.28 Å². The number of unbranched alkanes of at least 4 members (excludes halogenated alkanes) is 1. The average molecular weight is 255 g/mol. The van der Waals surface area contributed by atoms with E-state index in [1.165, 1.54) is 0 Å². The van der Waals surface area contributed by atoms with Crippen LogP contribution in [0.2, 0.25) is 0 Å². The summed E-state index contributed by atoms with van der Waals surface area (Å²) in [6, 6.07) is 7.22. The van der Waals surface area contributed by atoms with Gasteiger partial charge in [0.25, 0.3) is 0 Å². The van der Waals surface area contributed by atoms with Gasteiger partial charge < -0.3 is 9.42 Å². The van der Waals surface area contributed by atoms with E-state index in [-0.39, 0.29) is 0 Å². The number of benzene rings is 1. The lowest BCUT2D eigenvalue weighted by atomic mass is 10.1. The zero-order valence-corrected chi connectivity index (χ0v) is 11.0. The highest BCUT2D eigenvalue weighted by Gasteiger charge is 2.54. The second-order valence-electron chi connectivity index (χ2n) is 4.46. The van der Waals surface area contributed by atoms with Crippen molar-refractivity contribution in [1.29, 1.82) is 0 Å². The van der Waals surface area contributed by atoms with Crippen LogP contribution in [0.1, 0.15) is 32.3 Å². The summed E-state index contributed by atoms with van der Waals surface area (Å²) in [6.07, 6.45) is 2.01.